The number of carbonyl (C=O) groups excluding carboxylic acids is 3. The number of nitrogens with one attached hydrogen (secondary N) is 3. The van der Waals surface area contributed by atoms with Crippen LogP contribution in [0.2, 0.25) is 0 Å². The zero-order valence-corrected chi connectivity index (χ0v) is 15.2. The van der Waals surface area contributed by atoms with E-state index in [0.29, 0.717) is 4.88 Å². The first-order valence-corrected chi connectivity index (χ1v) is 9.19. The molecule has 7 heteroatoms. The van der Waals surface area contributed by atoms with Gasteiger partial charge in [0, 0.05) is 11.8 Å². The summed E-state index contributed by atoms with van der Waals surface area (Å²) in [4.78, 5) is 37.5. The fourth-order valence-electron chi connectivity index (χ4n) is 2.79. The molecule has 24 heavy (non-hydrogen) atoms. The number of amides is 3. The molecule has 0 spiro atoms. The van der Waals surface area contributed by atoms with Crippen LogP contribution in [0.3, 0.4) is 0 Å². The number of aryl methyl sites for hydroxylation is 2. The largest absolute Gasteiger partial charge is 0.344 e. The summed E-state index contributed by atoms with van der Waals surface area (Å²) in [5, 5.41) is 2.59. The lowest BCUT2D eigenvalue weighted by Gasteiger charge is -2.20. The van der Waals surface area contributed by atoms with Gasteiger partial charge >= 0.3 is 0 Å². The molecule has 3 N–H and O–H groups in total. The standard InChI is InChI=1S/C17H25N3O3S/c1-10(2)15(18-11(3)21)17(23)20-19-16(22)14-9-12-7-5-4-6-8-13(12)24-14/h9-10,15H,4-8H2,1-3H3,(H,18,21)(H,19,22)(H,20,23). The number of hydrogen-bond donors (Lipinski definition) is 3. The molecule has 0 saturated heterocycles. The maximum absolute atomic E-state index is 12.3. The zero-order valence-electron chi connectivity index (χ0n) is 14.4. The molecule has 1 heterocycles. The van der Waals surface area contributed by atoms with E-state index in [4.69, 9.17) is 0 Å². The van der Waals surface area contributed by atoms with Crippen molar-refractivity contribution >= 4 is 29.1 Å². The minimum Gasteiger partial charge on any atom is -0.344 e. The van der Waals surface area contributed by atoms with Crippen molar-refractivity contribution in [2.45, 2.75) is 58.9 Å². The van der Waals surface area contributed by atoms with E-state index in [9.17, 15) is 14.4 Å². The Morgan fingerprint density at radius 3 is 2.46 bits per heavy atom. The van der Waals surface area contributed by atoms with Crippen LogP contribution in [0.25, 0.3) is 0 Å². The van der Waals surface area contributed by atoms with Crippen LogP contribution in [0.5, 0.6) is 0 Å². The molecule has 6 nitrogen and oxygen atoms in total. The Hall–Kier alpha value is -1.89. The molecule has 1 aromatic rings. The molecule has 1 unspecified atom stereocenters. The van der Waals surface area contributed by atoms with E-state index in [1.54, 1.807) is 0 Å². The van der Waals surface area contributed by atoms with E-state index >= 15 is 0 Å². The van der Waals surface area contributed by atoms with Crippen molar-refractivity contribution in [1.29, 1.82) is 0 Å². The van der Waals surface area contributed by atoms with Gasteiger partial charge < -0.3 is 5.32 Å². The summed E-state index contributed by atoms with van der Waals surface area (Å²) < 4.78 is 0. The maximum Gasteiger partial charge on any atom is 0.279 e. The summed E-state index contributed by atoms with van der Waals surface area (Å²) in [6, 6.07) is 1.25. The van der Waals surface area contributed by atoms with Crippen LogP contribution in [0, 0.1) is 5.92 Å². The van der Waals surface area contributed by atoms with E-state index in [1.807, 2.05) is 19.9 Å². The Morgan fingerprint density at radius 2 is 1.79 bits per heavy atom. The summed E-state index contributed by atoms with van der Waals surface area (Å²) in [6.07, 6.45) is 5.60. The molecular weight excluding hydrogens is 326 g/mol. The van der Waals surface area contributed by atoms with Crippen LogP contribution >= 0.6 is 11.3 Å². The lowest BCUT2D eigenvalue weighted by Crippen LogP contribution is -2.53. The van der Waals surface area contributed by atoms with Crippen LogP contribution in [-0.2, 0) is 22.4 Å². The van der Waals surface area contributed by atoms with Crippen molar-refractivity contribution in [3.8, 4) is 0 Å². The molecule has 0 radical (unpaired) electrons. The first-order chi connectivity index (χ1) is 11.4. The Balaban J connectivity index is 1.94. The van der Waals surface area contributed by atoms with Gasteiger partial charge in [-0.2, -0.15) is 0 Å². The quantitative estimate of drug-likeness (QED) is 0.572. The highest BCUT2D eigenvalue weighted by molar-refractivity contribution is 7.14. The molecule has 0 aromatic carbocycles. The molecule has 1 aromatic heterocycles. The molecule has 0 aliphatic heterocycles. The summed E-state index contributed by atoms with van der Waals surface area (Å²) >= 11 is 1.50. The number of rotatable bonds is 4. The van der Waals surface area contributed by atoms with E-state index in [0.717, 1.165) is 25.7 Å². The monoisotopic (exact) mass is 351 g/mol. The first kappa shape index (κ1) is 18.4. The summed E-state index contributed by atoms with van der Waals surface area (Å²) in [5.74, 6) is -1.10. The Labute approximate surface area is 146 Å². The van der Waals surface area contributed by atoms with Gasteiger partial charge in [-0.25, -0.2) is 0 Å². The Kier molecular flexibility index (Phi) is 6.36. The average Bonchev–Trinajstić information content (AvgIpc) is 2.80. The Morgan fingerprint density at radius 1 is 1.08 bits per heavy atom. The SMILES string of the molecule is CC(=O)NC(C(=O)NNC(=O)c1cc2c(s1)CCCCC2)C(C)C. The highest BCUT2D eigenvalue weighted by atomic mass is 32.1. The van der Waals surface area contributed by atoms with E-state index < -0.39 is 11.9 Å². The van der Waals surface area contributed by atoms with E-state index in [-0.39, 0.29) is 17.7 Å². The number of hydrazine groups is 1. The van der Waals surface area contributed by atoms with Crippen molar-refractivity contribution < 1.29 is 14.4 Å². The van der Waals surface area contributed by atoms with Crippen LogP contribution in [-0.4, -0.2) is 23.8 Å². The average molecular weight is 351 g/mol. The van der Waals surface area contributed by atoms with Crippen LogP contribution in [0.1, 0.15) is 60.1 Å². The zero-order chi connectivity index (χ0) is 17.7. The van der Waals surface area contributed by atoms with Crippen molar-refractivity contribution in [3.05, 3.63) is 21.4 Å². The molecule has 1 aliphatic carbocycles. The summed E-state index contributed by atoms with van der Waals surface area (Å²) in [5.41, 5.74) is 6.12. The van der Waals surface area contributed by atoms with Crippen molar-refractivity contribution in [2.24, 2.45) is 5.92 Å². The molecular formula is C17H25N3O3S. The van der Waals surface area contributed by atoms with Gasteiger partial charge in [-0.15, -0.1) is 11.3 Å². The van der Waals surface area contributed by atoms with Crippen molar-refractivity contribution in [2.75, 3.05) is 0 Å². The molecule has 2 rings (SSSR count). The van der Waals surface area contributed by atoms with Crippen LogP contribution in [0.4, 0.5) is 0 Å². The van der Waals surface area contributed by atoms with Crippen molar-refractivity contribution in [3.63, 3.8) is 0 Å². The molecule has 132 valence electrons. The molecule has 0 bridgehead atoms. The molecule has 0 saturated carbocycles. The van der Waals surface area contributed by atoms with Gasteiger partial charge in [0.1, 0.15) is 6.04 Å². The van der Waals surface area contributed by atoms with Gasteiger partial charge in [-0.1, -0.05) is 20.3 Å². The topological polar surface area (TPSA) is 87.3 Å². The number of fused-ring (bicyclic) bond motifs is 1. The van der Waals surface area contributed by atoms with Gasteiger partial charge in [-0.3, -0.25) is 25.2 Å². The molecule has 3 amide bonds. The molecule has 0 fully saturated rings. The van der Waals surface area contributed by atoms with Gasteiger partial charge in [-0.05, 0) is 43.2 Å². The number of thiophene rings is 1. The maximum atomic E-state index is 12.3. The van der Waals surface area contributed by atoms with Gasteiger partial charge in [0.05, 0.1) is 4.88 Å². The molecule has 1 aliphatic rings. The van der Waals surface area contributed by atoms with Gasteiger partial charge in [0.25, 0.3) is 11.8 Å². The van der Waals surface area contributed by atoms with Crippen LogP contribution in [0.15, 0.2) is 6.07 Å². The number of carbonyl (C=O) groups is 3. The number of hydrogen-bond acceptors (Lipinski definition) is 4. The third-order valence-corrected chi connectivity index (χ3v) is 5.31. The highest BCUT2D eigenvalue weighted by Gasteiger charge is 2.24. The van der Waals surface area contributed by atoms with Gasteiger partial charge in [0.2, 0.25) is 5.91 Å². The second-order valence-corrected chi connectivity index (χ2v) is 7.62. The second kappa shape index (κ2) is 8.28. The normalized spacial score (nSPS) is 15.2. The van der Waals surface area contributed by atoms with E-state index in [2.05, 4.69) is 16.2 Å². The predicted octanol–water partition coefficient (Wildman–Crippen LogP) is 1.94. The Bertz CT molecular complexity index is 601. The third kappa shape index (κ3) is 4.80. The van der Waals surface area contributed by atoms with E-state index in [1.165, 1.54) is 35.1 Å². The van der Waals surface area contributed by atoms with Crippen LogP contribution < -0.4 is 16.2 Å². The third-order valence-electron chi connectivity index (χ3n) is 4.08. The lowest BCUT2D eigenvalue weighted by molar-refractivity contribution is -0.129. The second-order valence-electron chi connectivity index (χ2n) is 6.49. The fourth-order valence-corrected chi connectivity index (χ4v) is 3.94. The first-order valence-electron chi connectivity index (χ1n) is 8.37. The smallest absolute Gasteiger partial charge is 0.279 e. The summed E-state index contributed by atoms with van der Waals surface area (Å²) in [7, 11) is 0. The lowest BCUT2D eigenvalue weighted by atomic mass is 10.0. The van der Waals surface area contributed by atoms with Gasteiger partial charge in [0.15, 0.2) is 0 Å². The minimum atomic E-state index is -0.678. The fraction of sp³-hybridized carbons (Fsp3) is 0.588. The highest BCUT2D eigenvalue weighted by Crippen LogP contribution is 2.28. The van der Waals surface area contributed by atoms with Crippen molar-refractivity contribution in [1.82, 2.24) is 16.2 Å². The summed E-state index contributed by atoms with van der Waals surface area (Å²) in [6.45, 7) is 5.02. The minimum absolute atomic E-state index is 0.0800. The molecule has 1 atom stereocenters. The predicted molar refractivity (Wildman–Crippen MR) is 93.6 cm³/mol.